The van der Waals surface area contributed by atoms with E-state index in [4.69, 9.17) is 14.6 Å². The number of carbonyl (C=O) groups is 2. The number of carboxylic acids is 1. The molecule has 292 valence electrons. The molecule has 0 spiro atoms. The average molecular weight is 762 g/mol. The molecule has 0 atom stereocenters. The number of likely N-dealkylation sites (tertiary alicyclic amines) is 2. The second-order valence-electron chi connectivity index (χ2n) is 13.3. The van der Waals surface area contributed by atoms with Crippen LogP contribution in [0.15, 0.2) is 48.5 Å². The number of benzene rings is 3. The maximum atomic E-state index is 13.4. The molecule has 16 heteroatoms. The molecule has 1 amide bonds. The van der Waals surface area contributed by atoms with Crippen LogP contribution in [0.4, 0.5) is 35.1 Å². The Morgan fingerprint density at radius 1 is 0.830 bits per heavy atom. The molecule has 0 bridgehead atoms. The van der Waals surface area contributed by atoms with Gasteiger partial charge in [0.1, 0.15) is 23.5 Å². The number of alkyl halides is 8. The van der Waals surface area contributed by atoms with E-state index in [-0.39, 0.29) is 12.8 Å². The lowest BCUT2D eigenvalue weighted by atomic mass is 9.76. The number of rotatable bonds is 10. The number of halogens is 8. The predicted octanol–water partition coefficient (Wildman–Crippen LogP) is 7.50. The second-order valence-corrected chi connectivity index (χ2v) is 13.3. The van der Waals surface area contributed by atoms with Crippen molar-refractivity contribution in [3.8, 4) is 22.6 Å². The Labute approximate surface area is 302 Å². The maximum absolute atomic E-state index is 13.4. The van der Waals surface area contributed by atoms with Gasteiger partial charge in [-0.05, 0) is 78.9 Å². The Morgan fingerprint density at radius 2 is 1.38 bits per heavy atom. The predicted molar refractivity (Wildman–Crippen MR) is 182 cm³/mol. The minimum atomic E-state index is -4.97. The number of ether oxygens (including phenoxy) is 2. The molecule has 53 heavy (non-hydrogen) atoms. The molecule has 2 heterocycles. The third-order valence-electron chi connectivity index (χ3n) is 9.77. The first kappa shape index (κ1) is 41.6. The van der Waals surface area contributed by atoms with E-state index in [0.29, 0.717) is 13.1 Å². The summed E-state index contributed by atoms with van der Waals surface area (Å²) in [7, 11) is 3.34. The molecule has 2 aliphatic rings. The van der Waals surface area contributed by atoms with Gasteiger partial charge in [0, 0.05) is 32.5 Å². The van der Waals surface area contributed by atoms with Crippen LogP contribution < -0.4 is 14.8 Å². The highest BCUT2D eigenvalue weighted by Gasteiger charge is 2.61. The number of hydrogen-bond acceptors (Lipinski definition) is 6. The summed E-state index contributed by atoms with van der Waals surface area (Å²) in [5.41, 5.74) is 1.44. The van der Waals surface area contributed by atoms with Crippen LogP contribution in [0.5, 0.6) is 11.5 Å². The van der Waals surface area contributed by atoms with Gasteiger partial charge in [0.25, 0.3) is 5.92 Å². The first-order valence-electron chi connectivity index (χ1n) is 17.0. The molecule has 0 saturated carbocycles. The maximum Gasteiger partial charge on any atom is 0.403 e. The molecule has 3 aromatic carbocycles. The van der Waals surface area contributed by atoms with Gasteiger partial charge in [0.05, 0.1) is 26.3 Å². The van der Waals surface area contributed by atoms with E-state index < -0.39 is 74.6 Å². The molecular formula is C37H43F8N3O5. The molecule has 2 fully saturated rings. The smallest absolute Gasteiger partial charge is 0.403 e. The minimum absolute atomic E-state index is 0.0565. The number of hydrogen-bond donors (Lipinski definition) is 2. The van der Waals surface area contributed by atoms with E-state index in [1.54, 1.807) is 19.5 Å². The number of amides is 1. The van der Waals surface area contributed by atoms with E-state index in [2.05, 4.69) is 48.2 Å². The minimum Gasteiger partial charge on any atom is -0.496 e. The standard InChI is InChI=1S/C26H29F2NO2.C11H14F6N2O3/c1-18-6-4-8-21-20(18)7-5-9-22(21)25-23(30-2)16-19(17-24(25)31-3)10-13-29-14-11-26(27,28)12-15-29;12-10(13,14)6-19-3-1-9(2-4-19,11(15,16)17)8(22)18-5-7(20)21/h4-9,16-17H,10-15H2,1-3H3;1-6H2,(H,18,22)(H,20,21). The molecule has 0 aliphatic carbocycles. The zero-order chi connectivity index (χ0) is 39.2. The van der Waals surface area contributed by atoms with Crippen molar-refractivity contribution >= 4 is 22.6 Å². The lowest BCUT2D eigenvalue weighted by Gasteiger charge is -2.41. The van der Waals surface area contributed by atoms with Crippen molar-refractivity contribution in [3.63, 3.8) is 0 Å². The number of fused-ring (bicyclic) bond motifs is 1. The fraction of sp³-hybridized carbons (Fsp3) is 0.514. The Kier molecular flexibility index (Phi) is 13.2. The fourth-order valence-corrected chi connectivity index (χ4v) is 6.76. The Bertz CT molecular complexity index is 1700. The average Bonchev–Trinajstić information content (AvgIpc) is 3.09. The van der Waals surface area contributed by atoms with Crippen molar-refractivity contribution in [2.24, 2.45) is 5.41 Å². The largest absolute Gasteiger partial charge is 0.496 e. The molecular weight excluding hydrogens is 718 g/mol. The zero-order valence-corrected chi connectivity index (χ0v) is 29.6. The van der Waals surface area contributed by atoms with Gasteiger partial charge in [0.2, 0.25) is 5.91 Å². The van der Waals surface area contributed by atoms with Gasteiger partial charge in [-0.1, -0.05) is 36.4 Å². The van der Waals surface area contributed by atoms with Crippen LogP contribution in [0, 0.1) is 12.3 Å². The Morgan fingerprint density at radius 3 is 1.91 bits per heavy atom. The van der Waals surface area contributed by atoms with Crippen LogP contribution >= 0.6 is 0 Å². The number of nitrogens with zero attached hydrogens (tertiary/aromatic N) is 2. The molecule has 2 aliphatic heterocycles. The van der Waals surface area contributed by atoms with Crippen molar-refractivity contribution in [2.75, 3.05) is 60.0 Å². The van der Waals surface area contributed by atoms with E-state index >= 15 is 0 Å². The number of aliphatic carboxylic acids is 1. The summed E-state index contributed by atoms with van der Waals surface area (Å²) >= 11 is 0. The highest BCUT2D eigenvalue weighted by molar-refractivity contribution is 6.01. The first-order chi connectivity index (χ1) is 24.8. The Balaban J connectivity index is 0.000000253. The Hall–Kier alpha value is -4.18. The van der Waals surface area contributed by atoms with Gasteiger partial charge in [-0.15, -0.1) is 0 Å². The molecule has 0 unspecified atom stereocenters. The summed E-state index contributed by atoms with van der Waals surface area (Å²) in [6.45, 7) is 0.290. The molecule has 3 aromatic rings. The van der Waals surface area contributed by atoms with Gasteiger partial charge < -0.3 is 24.8 Å². The summed E-state index contributed by atoms with van der Waals surface area (Å²) in [5.74, 6) is -4.03. The fourth-order valence-electron chi connectivity index (χ4n) is 6.76. The van der Waals surface area contributed by atoms with E-state index in [1.165, 1.54) is 10.9 Å². The molecule has 2 N–H and O–H groups in total. The van der Waals surface area contributed by atoms with Crippen molar-refractivity contribution < 1.29 is 59.3 Å². The topological polar surface area (TPSA) is 91.3 Å². The highest BCUT2D eigenvalue weighted by atomic mass is 19.4. The van der Waals surface area contributed by atoms with E-state index in [0.717, 1.165) is 51.4 Å². The summed E-state index contributed by atoms with van der Waals surface area (Å²) < 4.78 is 115. The van der Waals surface area contributed by atoms with Crippen LogP contribution in [0.3, 0.4) is 0 Å². The lowest BCUT2D eigenvalue weighted by molar-refractivity contribution is -0.236. The molecule has 2 saturated heterocycles. The molecule has 5 rings (SSSR count). The van der Waals surface area contributed by atoms with Crippen LogP contribution in [0.1, 0.15) is 36.8 Å². The summed E-state index contributed by atoms with van der Waals surface area (Å²) in [6.07, 6.45) is -10.6. The van der Waals surface area contributed by atoms with Crippen molar-refractivity contribution in [2.45, 2.75) is 57.3 Å². The van der Waals surface area contributed by atoms with E-state index in [9.17, 15) is 44.7 Å². The van der Waals surface area contributed by atoms with Gasteiger partial charge in [0.15, 0.2) is 0 Å². The second kappa shape index (κ2) is 16.9. The van der Waals surface area contributed by atoms with Gasteiger partial charge in [-0.3, -0.25) is 14.5 Å². The number of aryl methyl sites for hydroxylation is 1. The third kappa shape index (κ3) is 10.5. The number of nitrogens with one attached hydrogen (secondary N) is 1. The third-order valence-corrected chi connectivity index (χ3v) is 9.77. The van der Waals surface area contributed by atoms with Gasteiger partial charge >= 0.3 is 18.3 Å². The molecule has 8 nitrogen and oxygen atoms in total. The van der Waals surface area contributed by atoms with Crippen LogP contribution in [0.2, 0.25) is 0 Å². The van der Waals surface area contributed by atoms with Gasteiger partial charge in [-0.2, -0.15) is 26.3 Å². The van der Waals surface area contributed by atoms with Crippen LogP contribution in [0.25, 0.3) is 21.9 Å². The SMILES string of the molecule is COc1cc(CCN2CCC(F)(F)CC2)cc(OC)c1-c1cccc2c(C)cccc12.O=C(O)CNC(=O)C1(C(F)(F)F)CCN(CC(F)(F)F)CC1. The van der Waals surface area contributed by atoms with Crippen molar-refractivity contribution in [3.05, 3.63) is 59.7 Å². The van der Waals surface area contributed by atoms with Crippen LogP contribution in [-0.4, -0.2) is 105 Å². The number of methoxy groups -OCH3 is 2. The van der Waals surface area contributed by atoms with Gasteiger partial charge in [-0.25, -0.2) is 8.78 Å². The summed E-state index contributed by atoms with van der Waals surface area (Å²) in [6, 6.07) is 16.7. The normalized spacial score (nSPS) is 17.8. The van der Waals surface area contributed by atoms with Crippen LogP contribution in [-0.2, 0) is 16.0 Å². The van der Waals surface area contributed by atoms with Crippen molar-refractivity contribution in [1.82, 2.24) is 15.1 Å². The summed E-state index contributed by atoms with van der Waals surface area (Å²) in [5, 5.41) is 12.4. The molecule has 0 aromatic heterocycles. The molecule has 0 radical (unpaired) electrons. The zero-order valence-electron chi connectivity index (χ0n) is 29.6. The number of carbonyl (C=O) groups excluding carboxylic acids is 1. The first-order valence-corrected chi connectivity index (χ1v) is 17.0. The summed E-state index contributed by atoms with van der Waals surface area (Å²) in [4.78, 5) is 24.9. The number of carboxylic acid groups (broad SMARTS) is 1. The lowest BCUT2D eigenvalue weighted by Crippen LogP contribution is -2.57. The number of piperidine rings is 2. The monoisotopic (exact) mass is 761 g/mol. The van der Waals surface area contributed by atoms with E-state index in [1.807, 2.05) is 12.1 Å². The van der Waals surface area contributed by atoms with Crippen molar-refractivity contribution in [1.29, 1.82) is 0 Å². The quantitative estimate of drug-likeness (QED) is 0.207. The highest BCUT2D eigenvalue weighted by Crippen LogP contribution is 2.47.